The van der Waals surface area contributed by atoms with Crippen LogP contribution in [0.15, 0.2) is 119 Å². The van der Waals surface area contributed by atoms with Crippen LogP contribution in [-0.4, -0.2) is 24.8 Å². The smallest absolute Gasteiger partial charge is 0.264 e. The van der Waals surface area contributed by atoms with Crippen LogP contribution in [0, 0.1) is 0 Å². The SMILES string of the molecule is O=C1C2=C3C4=C(C=CC3c3nc5ccccc5n31)c1ccc3c5c1c(ccc5c(=O)n1c5ccccc5nc31)C4C=C2. The van der Waals surface area contributed by atoms with Crippen molar-refractivity contribution >= 4 is 60.7 Å². The highest BCUT2D eigenvalue weighted by Gasteiger charge is 2.43. The fourth-order valence-corrected chi connectivity index (χ4v) is 8.10. The molecule has 0 saturated carbocycles. The molecule has 4 aromatic carbocycles. The van der Waals surface area contributed by atoms with E-state index < -0.39 is 0 Å². The van der Waals surface area contributed by atoms with Crippen LogP contribution in [0.25, 0.3) is 54.8 Å². The lowest BCUT2D eigenvalue weighted by Crippen LogP contribution is -2.31. The number of hydrogen-bond donors (Lipinski definition) is 0. The lowest BCUT2D eigenvalue weighted by Gasteiger charge is -2.39. The summed E-state index contributed by atoms with van der Waals surface area (Å²) in [5.41, 5.74) is 10.3. The Hall–Kier alpha value is -5.62. The van der Waals surface area contributed by atoms with E-state index in [1.807, 2.05) is 60.7 Å². The molecule has 1 aliphatic heterocycles. The van der Waals surface area contributed by atoms with Gasteiger partial charge in [-0.2, -0.15) is 0 Å². The largest absolute Gasteiger partial charge is 0.268 e. The summed E-state index contributed by atoms with van der Waals surface area (Å²) in [4.78, 5) is 37.8. The molecule has 4 aliphatic rings. The topological polar surface area (TPSA) is 69.3 Å². The minimum atomic E-state index is -0.104. The van der Waals surface area contributed by atoms with Crippen LogP contribution >= 0.6 is 0 Å². The molecule has 7 aromatic rings. The minimum Gasteiger partial charge on any atom is -0.268 e. The third-order valence-electron chi connectivity index (χ3n) is 9.75. The van der Waals surface area contributed by atoms with Crippen molar-refractivity contribution in [3.63, 3.8) is 0 Å². The molecule has 0 bridgehead atoms. The monoisotopic (exact) mass is 538 g/mol. The van der Waals surface area contributed by atoms with Gasteiger partial charge in [-0.15, -0.1) is 0 Å². The maximum Gasteiger partial charge on any atom is 0.264 e. The second kappa shape index (κ2) is 6.81. The van der Waals surface area contributed by atoms with Gasteiger partial charge in [0.1, 0.15) is 11.5 Å². The first-order chi connectivity index (χ1) is 20.7. The van der Waals surface area contributed by atoms with Crippen LogP contribution in [0.2, 0.25) is 0 Å². The van der Waals surface area contributed by atoms with E-state index in [9.17, 15) is 9.59 Å². The quantitative estimate of drug-likeness (QED) is 0.216. The summed E-state index contributed by atoms with van der Waals surface area (Å²) in [6.07, 6.45) is 8.58. The molecule has 0 radical (unpaired) electrons. The van der Waals surface area contributed by atoms with Gasteiger partial charge in [-0.1, -0.05) is 60.7 Å². The number of carbonyl (C=O) groups excluding carboxylic acids is 1. The molecule has 6 nitrogen and oxygen atoms in total. The number of para-hydroxylation sites is 4. The van der Waals surface area contributed by atoms with Gasteiger partial charge in [0.2, 0.25) is 0 Å². The molecular formula is C36H18N4O2. The number of nitrogens with zero attached hydrogens (tertiary/aromatic N) is 4. The highest BCUT2D eigenvalue weighted by Crippen LogP contribution is 2.56. The van der Waals surface area contributed by atoms with Gasteiger partial charge in [0.25, 0.3) is 11.5 Å². The standard InChI is InChI=1S/C36H18N4O2/c41-35-23-15-11-19-20-12-16-24-32-22(34-38-26-6-2-4-8-28(26)40(34)36(24)42)14-10-18(30(20)32)17-9-13-21(31(23)29(17)19)33-37-25-5-1-3-7-27(25)39(33)35/h1-16,19,21H. The van der Waals surface area contributed by atoms with E-state index in [1.165, 1.54) is 5.57 Å². The molecule has 194 valence electrons. The van der Waals surface area contributed by atoms with Crippen molar-refractivity contribution in [2.75, 3.05) is 0 Å². The first-order valence-electron chi connectivity index (χ1n) is 14.2. The Kier molecular flexibility index (Phi) is 3.43. The van der Waals surface area contributed by atoms with E-state index in [1.54, 1.807) is 8.97 Å². The second-order valence-electron chi connectivity index (χ2n) is 11.6. The number of carbonyl (C=O) groups is 1. The fourth-order valence-electron chi connectivity index (χ4n) is 8.10. The molecule has 2 unspecified atom stereocenters. The van der Waals surface area contributed by atoms with Crippen molar-refractivity contribution in [3.05, 3.63) is 141 Å². The number of aromatic nitrogens is 4. The first kappa shape index (κ1) is 21.2. The van der Waals surface area contributed by atoms with Crippen LogP contribution in [-0.2, 0) is 0 Å². The average Bonchev–Trinajstić information content (AvgIpc) is 3.61. The Balaban J connectivity index is 1.24. The summed E-state index contributed by atoms with van der Waals surface area (Å²) in [7, 11) is 0. The molecule has 0 fully saturated rings. The van der Waals surface area contributed by atoms with E-state index in [-0.39, 0.29) is 23.3 Å². The predicted molar refractivity (Wildman–Crippen MR) is 163 cm³/mol. The highest BCUT2D eigenvalue weighted by atomic mass is 16.2. The van der Waals surface area contributed by atoms with Crippen molar-refractivity contribution in [2.45, 2.75) is 11.8 Å². The van der Waals surface area contributed by atoms with E-state index in [2.05, 4.69) is 36.4 Å². The minimum absolute atomic E-state index is 0.0254. The molecule has 3 aromatic heterocycles. The number of rotatable bonds is 0. The highest BCUT2D eigenvalue weighted by molar-refractivity contribution is 6.21. The summed E-state index contributed by atoms with van der Waals surface area (Å²) in [5, 5.41) is 3.75. The van der Waals surface area contributed by atoms with E-state index in [4.69, 9.17) is 9.97 Å². The van der Waals surface area contributed by atoms with Gasteiger partial charge < -0.3 is 0 Å². The zero-order chi connectivity index (χ0) is 27.4. The molecule has 4 heterocycles. The van der Waals surface area contributed by atoms with Crippen LogP contribution in [0.5, 0.6) is 0 Å². The molecule has 11 rings (SSSR count). The first-order valence-corrected chi connectivity index (χ1v) is 14.2. The van der Waals surface area contributed by atoms with Gasteiger partial charge in [-0.25, -0.2) is 9.97 Å². The molecule has 0 amide bonds. The fraction of sp³-hybridized carbons (Fsp3) is 0.0556. The Bertz CT molecular complexity index is 2680. The number of fused-ring (bicyclic) bond motifs is 10. The Labute approximate surface area is 237 Å². The molecule has 3 aliphatic carbocycles. The Morgan fingerprint density at radius 2 is 1.36 bits per heavy atom. The van der Waals surface area contributed by atoms with Gasteiger partial charge in [0.05, 0.1) is 28.0 Å². The van der Waals surface area contributed by atoms with Gasteiger partial charge in [-0.3, -0.25) is 18.6 Å². The van der Waals surface area contributed by atoms with Gasteiger partial charge in [-0.05, 0) is 69.6 Å². The van der Waals surface area contributed by atoms with E-state index in [0.29, 0.717) is 11.0 Å². The molecule has 2 atom stereocenters. The average molecular weight is 539 g/mol. The van der Waals surface area contributed by atoms with Crippen LogP contribution < -0.4 is 5.56 Å². The van der Waals surface area contributed by atoms with Gasteiger partial charge in [0, 0.05) is 27.6 Å². The maximum absolute atomic E-state index is 14.0. The van der Waals surface area contributed by atoms with Crippen molar-refractivity contribution in [1.82, 2.24) is 18.9 Å². The number of pyridine rings is 1. The number of imidazole rings is 2. The van der Waals surface area contributed by atoms with Crippen molar-refractivity contribution in [2.24, 2.45) is 0 Å². The van der Waals surface area contributed by atoms with Crippen molar-refractivity contribution < 1.29 is 4.79 Å². The summed E-state index contributed by atoms with van der Waals surface area (Å²) in [6, 6.07) is 24.0. The molecule has 0 saturated heterocycles. The Morgan fingerprint density at radius 1 is 0.643 bits per heavy atom. The predicted octanol–water partition coefficient (Wildman–Crippen LogP) is 6.67. The molecular weight excluding hydrogens is 520 g/mol. The summed E-state index contributed by atoms with van der Waals surface area (Å²) in [5.74, 6) is 0.620. The number of allylic oxidation sites excluding steroid dienone is 8. The number of hydrogen-bond acceptors (Lipinski definition) is 4. The summed E-state index contributed by atoms with van der Waals surface area (Å²) < 4.78 is 3.55. The number of benzene rings is 4. The normalized spacial score (nSPS) is 20.1. The lowest BCUT2D eigenvalue weighted by molar-refractivity contribution is 0.0953. The Morgan fingerprint density at radius 3 is 2.24 bits per heavy atom. The van der Waals surface area contributed by atoms with E-state index in [0.717, 1.165) is 71.9 Å². The van der Waals surface area contributed by atoms with Crippen molar-refractivity contribution in [1.29, 1.82) is 0 Å². The third-order valence-corrected chi connectivity index (χ3v) is 9.75. The zero-order valence-corrected chi connectivity index (χ0v) is 22.0. The summed E-state index contributed by atoms with van der Waals surface area (Å²) >= 11 is 0. The van der Waals surface area contributed by atoms with Gasteiger partial charge in [0.15, 0.2) is 0 Å². The van der Waals surface area contributed by atoms with Crippen LogP contribution in [0.4, 0.5) is 0 Å². The van der Waals surface area contributed by atoms with Crippen LogP contribution in [0.3, 0.4) is 0 Å². The molecule has 6 heteroatoms. The van der Waals surface area contributed by atoms with Crippen LogP contribution in [0.1, 0.15) is 33.6 Å². The van der Waals surface area contributed by atoms with Gasteiger partial charge >= 0.3 is 0 Å². The summed E-state index contributed by atoms with van der Waals surface area (Å²) in [6.45, 7) is 0. The van der Waals surface area contributed by atoms with Crippen molar-refractivity contribution in [3.8, 4) is 0 Å². The molecule has 0 spiro atoms. The molecule has 0 N–H and O–H groups in total. The lowest BCUT2D eigenvalue weighted by atomic mass is 9.65. The maximum atomic E-state index is 14.0. The third kappa shape index (κ3) is 2.19. The zero-order valence-electron chi connectivity index (χ0n) is 22.0. The molecule has 42 heavy (non-hydrogen) atoms. The van der Waals surface area contributed by atoms with E-state index >= 15 is 0 Å². The second-order valence-corrected chi connectivity index (χ2v) is 11.6.